The summed E-state index contributed by atoms with van der Waals surface area (Å²) in [5, 5.41) is 3.21. The number of hydrogen-bond acceptors (Lipinski definition) is 6. The van der Waals surface area contributed by atoms with Gasteiger partial charge in [-0.3, -0.25) is 0 Å². The van der Waals surface area contributed by atoms with E-state index in [1.165, 1.54) is 12.1 Å². The SMILES string of the molecule is Cc1ccc(S(=O)(=O)N(Cl)c2ccc(OC(F)F)c(OC(F)F)c2)cc1N1CCNCC1. The van der Waals surface area contributed by atoms with Crippen molar-refractivity contribution in [3.05, 3.63) is 42.0 Å². The van der Waals surface area contributed by atoms with Crippen LogP contribution < -0.4 is 23.5 Å². The van der Waals surface area contributed by atoms with Crippen molar-refractivity contribution in [3.8, 4) is 11.5 Å². The minimum atomic E-state index is -4.33. The van der Waals surface area contributed by atoms with Crippen LogP contribution >= 0.6 is 11.8 Å². The normalized spacial score (nSPS) is 14.7. The van der Waals surface area contributed by atoms with E-state index in [9.17, 15) is 26.0 Å². The van der Waals surface area contributed by atoms with Crippen LogP contribution in [0.15, 0.2) is 41.3 Å². The summed E-state index contributed by atoms with van der Waals surface area (Å²) in [5.74, 6) is -1.48. The van der Waals surface area contributed by atoms with Gasteiger partial charge in [-0.25, -0.2) is 0 Å². The molecule has 1 aliphatic heterocycles. The molecule has 0 aliphatic carbocycles. The lowest BCUT2D eigenvalue weighted by molar-refractivity contribution is -0.0691. The van der Waals surface area contributed by atoms with Gasteiger partial charge in [0.2, 0.25) is 0 Å². The standard InChI is InChI=1S/C19H20ClF4N3O4S/c1-12-2-4-14(11-15(12)26-8-6-25-7-9-26)32(28,29)27(20)13-3-5-16(30-18(21)22)17(10-13)31-19(23)24/h2-5,10-11,18-19,25H,6-9H2,1H3. The van der Waals surface area contributed by atoms with Crippen molar-refractivity contribution < 1.29 is 35.5 Å². The van der Waals surface area contributed by atoms with Gasteiger partial charge >= 0.3 is 13.2 Å². The smallest absolute Gasteiger partial charge is 0.387 e. The molecule has 2 aromatic carbocycles. The number of anilines is 2. The third-order valence-corrected chi connectivity index (χ3v) is 6.93. The Morgan fingerprint density at radius 1 is 1.00 bits per heavy atom. The number of ether oxygens (including phenoxy) is 2. The lowest BCUT2D eigenvalue weighted by atomic mass is 10.1. The Balaban J connectivity index is 1.95. The summed E-state index contributed by atoms with van der Waals surface area (Å²) in [4.78, 5) is 1.91. The second-order valence-electron chi connectivity index (χ2n) is 6.79. The topological polar surface area (TPSA) is 71.1 Å². The summed E-state index contributed by atoms with van der Waals surface area (Å²) in [6, 6.07) is 7.17. The number of sulfonamides is 1. The van der Waals surface area contributed by atoms with Crippen molar-refractivity contribution in [1.29, 1.82) is 0 Å². The first-order chi connectivity index (χ1) is 15.1. The Labute approximate surface area is 187 Å². The second-order valence-corrected chi connectivity index (χ2v) is 9.12. The van der Waals surface area contributed by atoms with Gasteiger partial charge in [0.25, 0.3) is 10.0 Å². The molecule has 1 heterocycles. The maximum atomic E-state index is 13.1. The molecular formula is C19H20ClF4N3O4S. The number of piperazine rings is 1. The van der Waals surface area contributed by atoms with E-state index in [4.69, 9.17) is 11.8 Å². The van der Waals surface area contributed by atoms with Crippen molar-refractivity contribution in [2.75, 3.05) is 34.9 Å². The molecule has 0 radical (unpaired) electrons. The Kier molecular flexibility index (Phi) is 7.57. The molecule has 1 N–H and O–H groups in total. The van der Waals surface area contributed by atoms with Crippen LogP contribution in [0.1, 0.15) is 5.56 Å². The molecule has 0 amide bonds. The summed E-state index contributed by atoms with van der Waals surface area (Å²) in [7, 11) is -4.33. The van der Waals surface area contributed by atoms with Crippen molar-refractivity contribution in [2.24, 2.45) is 0 Å². The van der Waals surface area contributed by atoms with Crippen molar-refractivity contribution in [1.82, 2.24) is 5.32 Å². The van der Waals surface area contributed by atoms with Crippen molar-refractivity contribution in [2.45, 2.75) is 25.0 Å². The second kappa shape index (κ2) is 10.0. The Bertz CT molecular complexity index is 1050. The van der Waals surface area contributed by atoms with E-state index in [-0.39, 0.29) is 10.6 Å². The first kappa shape index (κ1) is 24.2. The lowest BCUT2D eigenvalue weighted by Crippen LogP contribution is -2.43. The largest absolute Gasteiger partial charge is 0.431 e. The number of aryl methyl sites for hydroxylation is 1. The van der Waals surface area contributed by atoms with E-state index in [1.54, 1.807) is 6.07 Å². The molecule has 0 unspecified atom stereocenters. The van der Waals surface area contributed by atoms with Gasteiger partial charge in [-0.15, -0.1) is 0 Å². The van der Waals surface area contributed by atoms with Gasteiger partial charge in [-0.1, -0.05) is 6.07 Å². The molecule has 2 aromatic rings. The van der Waals surface area contributed by atoms with Crippen LogP contribution in [0, 0.1) is 6.92 Å². The highest BCUT2D eigenvalue weighted by molar-refractivity contribution is 7.94. The predicted octanol–water partition coefficient (Wildman–Crippen LogP) is 3.96. The fraction of sp³-hybridized carbons (Fsp3) is 0.368. The van der Waals surface area contributed by atoms with Crippen LogP contribution in [0.2, 0.25) is 0 Å². The Hall–Kier alpha value is -2.44. The van der Waals surface area contributed by atoms with Gasteiger partial charge in [-0.2, -0.15) is 29.8 Å². The average molecular weight is 498 g/mol. The van der Waals surface area contributed by atoms with E-state index >= 15 is 0 Å². The number of rotatable bonds is 8. The minimum Gasteiger partial charge on any atom is -0.431 e. The van der Waals surface area contributed by atoms with Gasteiger partial charge in [0.15, 0.2) is 11.5 Å². The van der Waals surface area contributed by atoms with Crippen LogP contribution in [-0.2, 0) is 10.0 Å². The highest BCUT2D eigenvalue weighted by atomic mass is 35.5. The Morgan fingerprint density at radius 2 is 1.62 bits per heavy atom. The van der Waals surface area contributed by atoms with Gasteiger partial charge in [-0.05, 0) is 36.8 Å². The van der Waals surface area contributed by atoms with E-state index in [0.717, 1.165) is 42.5 Å². The van der Waals surface area contributed by atoms with Crippen LogP contribution in [0.25, 0.3) is 0 Å². The van der Waals surface area contributed by atoms with Crippen molar-refractivity contribution >= 4 is 33.2 Å². The van der Waals surface area contributed by atoms with Gasteiger partial charge < -0.3 is 19.7 Å². The molecule has 3 rings (SSSR count). The monoisotopic (exact) mass is 497 g/mol. The number of nitrogens with one attached hydrogen (secondary N) is 1. The molecule has 0 bridgehead atoms. The highest BCUT2D eigenvalue weighted by Gasteiger charge is 2.27. The molecule has 1 aliphatic rings. The maximum absolute atomic E-state index is 13.1. The molecular weight excluding hydrogens is 478 g/mol. The number of halogens is 5. The fourth-order valence-electron chi connectivity index (χ4n) is 3.21. The fourth-order valence-corrected chi connectivity index (χ4v) is 4.64. The molecule has 0 spiro atoms. The first-order valence-electron chi connectivity index (χ1n) is 9.40. The quantitative estimate of drug-likeness (QED) is 0.440. The summed E-state index contributed by atoms with van der Waals surface area (Å²) in [5.41, 5.74) is 1.29. The van der Waals surface area contributed by atoms with Gasteiger partial charge in [0.05, 0.1) is 10.6 Å². The zero-order chi connectivity index (χ0) is 23.5. The van der Waals surface area contributed by atoms with E-state index in [0.29, 0.717) is 16.9 Å². The Morgan fingerprint density at radius 3 is 2.25 bits per heavy atom. The van der Waals surface area contributed by atoms with E-state index in [2.05, 4.69) is 14.8 Å². The molecule has 176 valence electrons. The third kappa shape index (κ3) is 5.48. The molecule has 13 heteroatoms. The molecule has 0 atom stereocenters. The summed E-state index contributed by atoms with van der Waals surface area (Å²) in [6.07, 6.45) is 0. The molecule has 7 nitrogen and oxygen atoms in total. The minimum absolute atomic E-state index is 0.129. The molecule has 1 saturated heterocycles. The van der Waals surface area contributed by atoms with Crippen LogP contribution in [0.3, 0.4) is 0 Å². The molecule has 0 saturated carbocycles. The summed E-state index contributed by atoms with van der Waals surface area (Å²) >= 11 is 6.07. The first-order valence-corrected chi connectivity index (χ1v) is 11.2. The van der Waals surface area contributed by atoms with Crippen molar-refractivity contribution in [3.63, 3.8) is 0 Å². The number of alkyl halides is 4. The van der Waals surface area contributed by atoms with Crippen LogP contribution in [-0.4, -0.2) is 47.8 Å². The zero-order valence-corrected chi connectivity index (χ0v) is 18.3. The zero-order valence-electron chi connectivity index (χ0n) is 16.8. The maximum Gasteiger partial charge on any atom is 0.387 e. The predicted molar refractivity (Wildman–Crippen MR) is 111 cm³/mol. The van der Waals surface area contributed by atoms with E-state index < -0.39 is 34.7 Å². The summed E-state index contributed by atoms with van der Waals surface area (Å²) < 4.78 is 85.3. The number of hydrogen-bond donors (Lipinski definition) is 1. The molecule has 1 fully saturated rings. The number of benzene rings is 2. The van der Waals surface area contributed by atoms with Crippen LogP contribution in [0.4, 0.5) is 28.9 Å². The average Bonchev–Trinajstić information content (AvgIpc) is 2.74. The highest BCUT2D eigenvalue weighted by Crippen LogP contribution is 2.37. The van der Waals surface area contributed by atoms with E-state index in [1.807, 2.05) is 11.8 Å². The summed E-state index contributed by atoms with van der Waals surface area (Å²) in [6.45, 7) is -1.93. The lowest BCUT2D eigenvalue weighted by Gasteiger charge is -2.31. The third-order valence-electron chi connectivity index (χ3n) is 4.71. The number of nitrogens with zero attached hydrogens (tertiary/aromatic N) is 2. The van der Waals surface area contributed by atoms with Gasteiger partial charge in [0, 0.05) is 49.7 Å². The van der Waals surface area contributed by atoms with Gasteiger partial charge in [0.1, 0.15) is 0 Å². The molecule has 32 heavy (non-hydrogen) atoms. The molecule has 0 aromatic heterocycles. The van der Waals surface area contributed by atoms with Crippen LogP contribution in [0.5, 0.6) is 11.5 Å².